The van der Waals surface area contributed by atoms with E-state index in [0.717, 1.165) is 18.4 Å². The van der Waals surface area contributed by atoms with Crippen LogP contribution < -0.4 is 9.47 Å². The number of fused-ring (bicyclic) bond motifs is 3. The lowest BCUT2D eigenvalue weighted by molar-refractivity contribution is -0.0387. The van der Waals surface area contributed by atoms with Crippen LogP contribution in [0.4, 0.5) is 4.39 Å². The minimum atomic E-state index is -0.655. The molecule has 1 unspecified atom stereocenters. The largest absolute Gasteiger partial charge is 0.491 e. The van der Waals surface area contributed by atoms with E-state index in [1.54, 1.807) is 13.2 Å². The molecule has 2 saturated heterocycles. The van der Waals surface area contributed by atoms with Crippen LogP contribution in [0.15, 0.2) is 18.2 Å². The van der Waals surface area contributed by atoms with Crippen molar-refractivity contribution >= 4 is 22.8 Å². The summed E-state index contributed by atoms with van der Waals surface area (Å²) in [4.78, 5) is 12.2. The first-order chi connectivity index (χ1) is 18.5. The number of aryl methyl sites for hydroxylation is 1. The highest BCUT2D eigenvalue weighted by atomic mass is 35.5. The second kappa shape index (κ2) is 10.9. The Hall–Kier alpha value is -2.54. The lowest BCUT2D eigenvalue weighted by atomic mass is 9.95. The third-order valence-corrected chi connectivity index (χ3v) is 7.55. The highest BCUT2D eigenvalue weighted by Gasteiger charge is 2.48. The van der Waals surface area contributed by atoms with Gasteiger partial charge >= 0.3 is 0 Å². The van der Waals surface area contributed by atoms with Gasteiger partial charge in [0.2, 0.25) is 0 Å². The van der Waals surface area contributed by atoms with Crippen molar-refractivity contribution in [3.05, 3.63) is 45.9 Å². The van der Waals surface area contributed by atoms with Crippen molar-refractivity contribution in [3.63, 3.8) is 0 Å². The Morgan fingerprint density at radius 3 is 2.89 bits per heavy atom. The number of H-pyrrole nitrogens is 1. The number of halogens is 2. The maximum Gasteiger partial charge on any atom is 0.296 e. The monoisotopic (exact) mass is 549 g/mol. The number of rotatable bonds is 10. The van der Waals surface area contributed by atoms with Gasteiger partial charge in [-0.15, -0.1) is 0 Å². The van der Waals surface area contributed by atoms with Crippen molar-refractivity contribution in [1.29, 1.82) is 0 Å². The number of aromatic amines is 1. The van der Waals surface area contributed by atoms with Crippen LogP contribution in [-0.2, 0) is 31.8 Å². The van der Waals surface area contributed by atoms with Gasteiger partial charge in [-0.2, -0.15) is 4.98 Å². The second-order valence-electron chi connectivity index (χ2n) is 9.73. The summed E-state index contributed by atoms with van der Waals surface area (Å²) in [5.74, 6) is 0.141. The van der Waals surface area contributed by atoms with E-state index in [-0.39, 0.29) is 37.2 Å². The van der Waals surface area contributed by atoms with Crippen molar-refractivity contribution in [2.75, 3.05) is 40.3 Å². The molecule has 0 saturated carbocycles. The Morgan fingerprint density at radius 2 is 2.03 bits per heavy atom. The van der Waals surface area contributed by atoms with Crippen LogP contribution in [-0.4, -0.2) is 84.8 Å². The fourth-order valence-electron chi connectivity index (χ4n) is 5.49. The molecule has 12 heteroatoms. The van der Waals surface area contributed by atoms with Gasteiger partial charge in [0.25, 0.3) is 6.01 Å². The Balaban J connectivity index is 1.14. The molecule has 2 aliphatic heterocycles. The van der Waals surface area contributed by atoms with E-state index >= 15 is 4.39 Å². The zero-order valence-corrected chi connectivity index (χ0v) is 21.6. The summed E-state index contributed by atoms with van der Waals surface area (Å²) >= 11 is 6.58. The first-order valence-electron chi connectivity index (χ1n) is 12.6. The minimum absolute atomic E-state index is 0.0558. The number of nitrogens with one attached hydrogen (secondary N) is 1. The predicted molar refractivity (Wildman–Crippen MR) is 133 cm³/mol. The number of nitrogens with zero attached hydrogens (tertiary/aromatic N) is 2. The number of ether oxygens (including phenoxy) is 6. The Bertz CT molecular complexity index is 1310. The fraction of sp³-hybridized carbons (Fsp3) is 0.538. The number of aliphatic hydroxyl groups excluding tert-OH is 1. The van der Waals surface area contributed by atoms with E-state index in [0.29, 0.717) is 59.4 Å². The molecule has 4 heterocycles. The number of methoxy groups -OCH3 is 1. The summed E-state index contributed by atoms with van der Waals surface area (Å²) in [6.45, 7) is 1.37. The molecule has 1 aromatic carbocycles. The molecule has 3 aliphatic rings. The highest BCUT2D eigenvalue weighted by Crippen LogP contribution is 2.40. The average Bonchev–Trinajstić information content (AvgIpc) is 3.66. The molecule has 0 amide bonds. The van der Waals surface area contributed by atoms with E-state index in [2.05, 4.69) is 15.0 Å². The Kier molecular flexibility index (Phi) is 7.39. The first kappa shape index (κ1) is 25.7. The molecule has 0 radical (unpaired) electrons. The SMILES string of the molecule is COCOCCOc1cc(F)c2c(c1)CCC2Cc1nc2nc(O[C@@H]3CO[C@H]4[C@@H]3OC[C@H]4O)[nH]c2cc1Cl. The van der Waals surface area contributed by atoms with Gasteiger partial charge in [0.15, 0.2) is 11.8 Å². The third-order valence-electron chi connectivity index (χ3n) is 7.22. The normalized spacial score (nSPS) is 26.2. The van der Waals surface area contributed by atoms with Gasteiger partial charge < -0.3 is 38.5 Å². The summed E-state index contributed by atoms with van der Waals surface area (Å²) < 4.78 is 48.0. The minimum Gasteiger partial charge on any atom is -0.491 e. The van der Waals surface area contributed by atoms with E-state index < -0.39 is 18.3 Å². The summed E-state index contributed by atoms with van der Waals surface area (Å²) in [5.41, 5.74) is 3.36. The van der Waals surface area contributed by atoms with E-state index in [1.807, 2.05) is 6.07 Å². The zero-order chi connectivity index (χ0) is 26.2. The van der Waals surface area contributed by atoms with Crippen LogP contribution in [0, 0.1) is 5.82 Å². The van der Waals surface area contributed by atoms with Crippen molar-refractivity contribution < 1.29 is 37.9 Å². The lowest BCUT2D eigenvalue weighted by Gasteiger charge is -2.15. The highest BCUT2D eigenvalue weighted by molar-refractivity contribution is 6.31. The maximum atomic E-state index is 15.1. The standard InChI is InChI=1S/C26H29ClFN3O7/c1-33-12-34-4-5-35-15-6-13-2-3-14(22(13)17(28)8-15)7-18-16(27)9-19-25(29-18)31-26(30-19)38-21-11-37-23-20(32)10-36-24(21)23/h6,8-9,14,20-21,23-24,32H,2-5,7,10-12H2,1H3,(H,29,30,31)/t14?,20-,21-,23-,24-/m1/s1. The third kappa shape index (κ3) is 5.06. The molecule has 38 heavy (non-hydrogen) atoms. The van der Waals surface area contributed by atoms with Crippen LogP contribution in [0.1, 0.15) is 29.2 Å². The molecular weight excluding hydrogens is 521 g/mol. The summed E-state index contributed by atoms with van der Waals surface area (Å²) in [5, 5.41) is 10.4. The quantitative estimate of drug-likeness (QED) is 0.291. The van der Waals surface area contributed by atoms with Crippen molar-refractivity contribution in [2.24, 2.45) is 0 Å². The van der Waals surface area contributed by atoms with Crippen LogP contribution in [0.5, 0.6) is 11.8 Å². The lowest BCUT2D eigenvalue weighted by Crippen LogP contribution is -2.34. The molecule has 2 aromatic heterocycles. The number of hydrogen-bond donors (Lipinski definition) is 2. The van der Waals surface area contributed by atoms with E-state index in [9.17, 15) is 5.11 Å². The van der Waals surface area contributed by atoms with Crippen LogP contribution in [0.25, 0.3) is 11.2 Å². The maximum absolute atomic E-state index is 15.1. The first-order valence-corrected chi connectivity index (χ1v) is 13.0. The topological polar surface area (TPSA) is 117 Å². The van der Waals surface area contributed by atoms with Crippen LogP contribution in [0.3, 0.4) is 0 Å². The molecule has 2 fully saturated rings. The van der Waals surface area contributed by atoms with E-state index in [4.69, 9.17) is 40.0 Å². The zero-order valence-electron chi connectivity index (χ0n) is 20.8. The predicted octanol–water partition coefficient (Wildman–Crippen LogP) is 2.93. The second-order valence-corrected chi connectivity index (χ2v) is 10.1. The van der Waals surface area contributed by atoms with Gasteiger partial charge in [0.05, 0.1) is 36.1 Å². The molecule has 6 rings (SSSR count). The van der Waals surface area contributed by atoms with Crippen LogP contribution >= 0.6 is 11.6 Å². The Morgan fingerprint density at radius 1 is 1.16 bits per heavy atom. The number of benzene rings is 1. The molecule has 1 aliphatic carbocycles. The van der Waals surface area contributed by atoms with Gasteiger partial charge in [-0.25, -0.2) is 9.37 Å². The molecule has 5 atom stereocenters. The molecule has 3 aromatic rings. The smallest absolute Gasteiger partial charge is 0.296 e. The van der Waals surface area contributed by atoms with Gasteiger partial charge in [0, 0.05) is 13.2 Å². The summed E-state index contributed by atoms with van der Waals surface area (Å²) in [6.07, 6.45) is 0.229. The van der Waals surface area contributed by atoms with Crippen molar-refractivity contribution in [1.82, 2.24) is 15.0 Å². The van der Waals surface area contributed by atoms with Gasteiger partial charge in [-0.1, -0.05) is 11.6 Å². The summed E-state index contributed by atoms with van der Waals surface area (Å²) in [7, 11) is 1.55. The van der Waals surface area contributed by atoms with Gasteiger partial charge in [-0.3, -0.25) is 0 Å². The molecule has 0 spiro atoms. The summed E-state index contributed by atoms with van der Waals surface area (Å²) in [6, 6.07) is 5.36. The number of pyridine rings is 1. The molecule has 204 valence electrons. The average molecular weight is 550 g/mol. The van der Waals surface area contributed by atoms with E-state index in [1.165, 1.54) is 6.07 Å². The number of aliphatic hydroxyl groups is 1. The fourth-order valence-corrected chi connectivity index (χ4v) is 5.72. The number of hydrogen-bond acceptors (Lipinski definition) is 9. The molecular formula is C26H29ClFN3O7. The number of aromatic nitrogens is 3. The van der Waals surface area contributed by atoms with Crippen molar-refractivity contribution in [2.45, 2.75) is 49.6 Å². The molecule has 2 N–H and O–H groups in total. The van der Waals surface area contributed by atoms with Gasteiger partial charge in [-0.05, 0) is 48.4 Å². The van der Waals surface area contributed by atoms with Crippen LogP contribution in [0.2, 0.25) is 5.02 Å². The Labute approximate surface area is 223 Å². The molecule has 10 nitrogen and oxygen atoms in total. The van der Waals surface area contributed by atoms with Crippen molar-refractivity contribution in [3.8, 4) is 11.8 Å². The molecule has 0 bridgehead atoms. The van der Waals surface area contributed by atoms with Gasteiger partial charge in [0.1, 0.15) is 43.3 Å². The number of imidazole rings is 1.